The van der Waals surface area contributed by atoms with Gasteiger partial charge in [-0.2, -0.15) is 11.3 Å². The molecule has 2 saturated heterocycles. The zero-order valence-electron chi connectivity index (χ0n) is 16.6. The van der Waals surface area contributed by atoms with Crippen LogP contribution in [0.5, 0.6) is 0 Å². The van der Waals surface area contributed by atoms with Crippen molar-refractivity contribution in [1.29, 1.82) is 0 Å². The van der Waals surface area contributed by atoms with Crippen LogP contribution in [0.15, 0.2) is 21.8 Å². The summed E-state index contributed by atoms with van der Waals surface area (Å²) in [5.74, 6) is 1.51. The smallest absolute Gasteiger partial charge is 0.193 e. The van der Waals surface area contributed by atoms with Gasteiger partial charge in [0.05, 0.1) is 18.8 Å². The van der Waals surface area contributed by atoms with Crippen LogP contribution in [0.4, 0.5) is 0 Å². The van der Waals surface area contributed by atoms with Crippen molar-refractivity contribution in [2.75, 3.05) is 39.4 Å². The van der Waals surface area contributed by atoms with Gasteiger partial charge in [-0.05, 0) is 55.0 Å². The number of hydrogen-bond acceptors (Lipinski definition) is 4. The van der Waals surface area contributed by atoms with E-state index in [2.05, 4.69) is 40.9 Å². The number of likely N-dealkylation sites (tertiary alicyclic amines) is 1. The van der Waals surface area contributed by atoms with Crippen LogP contribution in [0.1, 0.15) is 51.0 Å². The van der Waals surface area contributed by atoms with Gasteiger partial charge in [-0.15, -0.1) is 24.0 Å². The highest BCUT2D eigenvalue weighted by Crippen LogP contribution is 2.20. The fourth-order valence-corrected chi connectivity index (χ4v) is 4.35. The van der Waals surface area contributed by atoms with E-state index in [1.54, 1.807) is 11.3 Å². The van der Waals surface area contributed by atoms with Gasteiger partial charge in [0.2, 0.25) is 0 Å². The molecule has 27 heavy (non-hydrogen) atoms. The molecule has 2 atom stereocenters. The van der Waals surface area contributed by atoms with Crippen molar-refractivity contribution in [3.8, 4) is 0 Å². The number of rotatable bonds is 7. The SMILES string of the molecule is CCNC(=NCC(C)c1ccsc1)N1CCC(OCC2CCCO2)CC1.I. The second-order valence-corrected chi connectivity index (χ2v) is 8.09. The molecular formula is C20H34IN3O2S. The van der Waals surface area contributed by atoms with Crippen LogP contribution >= 0.6 is 35.3 Å². The van der Waals surface area contributed by atoms with Crippen molar-refractivity contribution in [1.82, 2.24) is 10.2 Å². The molecule has 2 unspecified atom stereocenters. The molecule has 2 aliphatic rings. The molecule has 5 nitrogen and oxygen atoms in total. The largest absolute Gasteiger partial charge is 0.376 e. The number of piperidine rings is 1. The minimum absolute atomic E-state index is 0. The van der Waals surface area contributed by atoms with E-state index in [0.717, 1.165) is 64.6 Å². The summed E-state index contributed by atoms with van der Waals surface area (Å²) in [4.78, 5) is 7.29. The average molecular weight is 507 g/mol. The van der Waals surface area contributed by atoms with Gasteiger partial charge in [-0.3, -0.25) is 4.99 Å². The van der Waals surface area contributed by atoms with E-state index in [1.165, 1.54) is 12.0 Å². The van der Waals surface area contributed by atoms with Gasteiger partial charge in [0.15, 0.2) is 5.96 Å². The molecule has 0 spiro atoms. The lowest BCUT2D eigenvalue weighted by Gasteiger charge is -2.34. The first kappa shape index (κ1) is 22.9. The van der Waals surface area contributed by atoms with Crippen LogP contribution in [0.3, 0.4) is 0 Å². The molecule has 1 N–H and O–H groups in total. The Labute approximate surface area is 184 Å². The predicted octanol–water partition coefficient (Wildman–Crippen LogP) is 4.10. The summed E-state index contributed by atoms with van der Waals surface area (Å²) in [5, 5.41) is 7.83. The highest BCUT2D eigenvalue weighted by Gasteiger charge is 2.24. The van der Waals surface area contributed by atoms with Gasteiger partial charge in [-0.25, -0.2) is 0 Å². The van der Waals surface area contributed by atoms with E-state index < -0.39 is 0 Å². The predicted molar refractivity (Wildman–Crippen MR) is 124 cm³/mol. The number of aliphatic imine (C=N–C) groups is 1. The molecule has 0 amide bonds. The Morgan fingerprint density at radius 1 is 1.41 bits per heavy atom. The van der Waals surface area contributed by atoms with Gasteiger partial charge < -0.3 is 19.7 Å². The Hall–Kier alpha value is -0.380. The molecule has 1 aromatic rings. The maximum Gasteiger partial charge on any atom is 0.193 e. The molecule has 154 valence electrons. The molecular weight excluding hydrogens is 473 g/mol. The fraction of sp³-hybridized carbons (Fsp3) is 0.750. The molecule has 1 aromatic heterocycles. The summed E-state index contributed by atoms with van der Waals surface area (Å²) in [6.45, 7) is 9.80. The van der Waals surface area contributed by atoms with Crippen molar-refractivity contribution in [2.45, 2.75) is 57.7 Å². The highest BCUT2D eigenvalue weighted by atomic mass is 127. The number of thiophene rings is 1. The Morgan fingerprint density at radius 3 is 2.85 bits per heavy atom. The molecule has 0 aliphatic carbocycles. The molecule has 3 rings (SSSR count). The van der Waals surface area contributed by atoms with E-state index in [0.29, 0.717) is 18.1 Å². The third-order valence-electron chi connectivity index (χ3n) is 5.25. The van der Waals surface area contributed by atoms with Crippen molar-refractivity contribution in [2.24, 2.45) is 4.99 Å². The zero-order valence-corrected chi connectivity index (χ0v) is 19.7. The number of nitrogens with zero attached hydrogens (tertiary/aromatic N) is 2. The number of nitrogens with one attached hydrogen (secondary N) is 1. The summed E-state index contributed by atoms with van der Waals surface area (Å²) in [5.41, 5.74) is 1.39. The first-order chi connectivity index (χ1) is 12.8. The molecule has 0 aromatic carbocycles. The summed E-state index contributed by atoms with van der Waals surface area (Å²) in [6.07, 6.45) is 5.15. The zero-order chi connectivity index (χ0) is 18.2. The van der Waals surface area contributed by atoms with Gasteiger partial charge in [0, 0.05) is 38.7 Å². The lowest BCUT2D eigenvalue weighted by Crippen LogP contribution is -2.47. The number of guanidine groups is 1. The minimum Gasteiger partial charge on any atom is -0.376 e. The maximum atomic E-state index is 6.09. The Bertz CT molecular complexity index is 541. The minimum atomic E-state index is 0. The summed E-state index contributed by atoms with van der Waals surface area (Å²) >= 11 is 1.76. The van der Waals surface area contributed by atoms with Crippen LogP contribution in [0, 0.1) is 0 Å². The normalized spacial score (nSPS) is 22.5. The van der Waals surface area contributed by atoms with E-state index >= 15 is 0 Å². The van der Waals surface area contributed by atoms with E-state index in [4.69, 9.17) is 14.5 Å². The van der Waals surface area contributed by atoms with Crippen LogP contribution < -0.4 is 5.32 Å². The quantitative estimate of drug-likeness (QED) is 0.343. The molecule has 2 aliphatic heterocycles. The van der Waals surface area contributed by atoms with Gasteiger partial charge in [-0.1, -0.05) is 6.92 Å². The second kappa shape index (κ2) is 12.2. The molecule has 3 heterocycles. The second-order valence-electron chi connectivity index (χ2n) is 7.31. The maximum absolute atomic E-state index is 6.09. The van der Waals surface area contributed by atoms with Gasteiger partial charge in [0.1, 0.15) is 0 Å². The van der Waals surface area contributed by atoms with Crippen LogP contribution in [-0.2, 0) is 9.47 Å². The number of hydrogen-bond donors (Lipinski definition) is 1. The van der Waals surface area contributed by atoms with Gasteiger partial charge in [0.25, 0.3) is 0 Å². The summed E-state index contributed by atoms with van der Waals surface area (Å²) < 4.78 is 11.7. The first-order valence-corrected chi connectivity index (χ1v) is 11.0. The van der Waals surface area contributed by atoms with Crippen molar-refractivity contribution in [3.05, 3.63) is 22.4 Å². The summed E-state index contributed by atoms with van der Waals surface area (Å²) in [7, 11) is 0. The van der Waals surface area contributed by atoms with Crippen molar-refractivity contribution < 1.29 is 9.47 Å². The average Bonchev–Trinajstić information content (AvgIpc) is 3.37. The first-order valence-electron chi connectivity index (χ1n) is 10.0. The molecule has 0 radical (unpaired) electrons. The van der Waals surface area contributed by atoms with Crippen LogP contribution in [0.2, 0.25) is 0 Å². The molecule has 0 saturated carbocycles. The summed E-state index contributed by atoms with van der Waals surface area (Å²) in [6, 6.07) is 2.20. The Kier molecular flexibility index (Phi) is 10.4. The monoisotopic (exact) mass is 507 g/mol. The number of halogens is 1. The standard InChI is InChI=1S/C20H33N3O2S.HI/c1-3-21-20(22-13-16(2)17-8-12-26-15-17)23-9-6-18(7-10-23)25-14-19-5-4-11-24-19;/h8,12,15-16,18-19H,3-7,9-11,13-14H2,1-2H3,(H,21,22);1H. The number of ether oxygens (including phenoxy) is 2. The fourth-order valence-electron chi connectivity index (χ4n) is 3.56. The molecule has 0 bridgehead atoms. The third-order valence-corrected chi connectivity index (χ3v) is 5.95. The Morgan fingerprint density at radius 2 is 2.22 bits per heavy atom. The van der Waals surface area contributed by atoms with Gasteiger partial charge >= 0.3 is 0 Å². The van der Waals surface area contributed by atoms with E-state index in [1.807, 2.05) is 0 Å². The topological polar surface area (TPSA) is 46.1 Å². The molecule has 7 heteroatoms. The van der Waals surface area contributed by atoms with Crippen LogP contribution in [-0.4, -0.2) is 62.5 Å². The highest BCUT2D eigenvalue weighted by molar-refractivity contribution is 14.0. The molecule has 2 fully saturated rings. The third kappa shape index (κ3) is 7.18. The van der Waals surface area contributed by atoms with Crippen molar-refractivity contribution in [3.63, 3.8) is 0 Å². The van der Waals surface area contributed by atoms with E-state index in [9.17, 15) is 0 Å². The lowest BCUT2D eigenvalue weighted by atomic mass is 10.1. The van der Waals surface area contributed by atoms with Crippen LogP contribution in [0.25, 0.3) is 0 Å². The van der Waals surface area contributed by atoms with E-state index in [-0.39, 0.29) is 24.0 Å². The lowest BCUT2D eigenvalue weighted by molar-refractivity contribution is -0.0367. The van der Waals surface area contributed by atoms with Crippen molar-refractivity contribution >= 4 is 41.3 Å². The Balaban J connectivity index is 0.00000261.